The molecule has 0 aliphatic heterocycles. The van der Waals surface area contributed by atoms with Gasteiger partial charge >= 0.3 is 11.9 Å². The molecule has 0 bridgehead atoms. The third kappa shape index (κ3) is 2.37. The number of aryl methyl sites for hydroxylation is 1. The topological polar surface area (TPSA) is 84.2 Å². The van der Waals surface area contributed by atoms with Crippen molar-refractivity contribution in [2.24, 2.45) is 0 Å². The molecule has 0 unspecified atom stereocenters. The lowest BCUT2D eigenvalue weighted by Crippen LogP contribution is -2.23. The van der Waals surface area contributed by atoms with Crippen LogP contribution >= 0.6 is 0 Å². The normalized spacial score (nSPS) is 10.1. The summed E-state index contributed by atoms with van der Waals surface area (Å²) in [6, 6.07) is 10.7. The van der Waals surface area contributed by atoms with Crippen LogP contribution < -0.4 is 5.32 Å². The summed E-state index contributed by atoms with van der Waals surface area (Å²) >= 11 is 0. The van der Waals surface area contributed by atoms with Gasteiger partial charge in [-0.25, -0.2) is 9.48 Å². The molecule has 0 atom stereocenters. The van der Waals surface area contributed by atoms with Crippen LogP contribution in [0.1, 0.15) is 5.69 Å². The van der Waals surface area contributed by atoms with E-state index in [4.69, 9.17) is 5.11 Å². The first-order valence-corrected chi connectivity index (χ1v) is 5.24. The number of nitrogens with one attached hydrogen (secondary N) is 1. The lowest BCUT2D eigenvalue weighted by molar-refractivity contribution is -0.147. The average Bonchev–Trinajstić information content (AvgIpc) is 2.71. The van der Waals surface area contributed by atoms with E-state index in [0.29, 0.717) is 11.5 Å². The first kappa shape index (κ1) is 11.8. The van der Waals surface area contributed by atoms with Crippen LogP contribution in [0.15, 0.2) is 36.4 Å². The highest BCUT2D eigenvalue weighted by atomic mass is 16.4. The second-order valence-electron chi connectivity index (χ2n) is 3.68. The van der Waals surface area contributed by atoms with Crippen molar-refractivity contribution in [3.05, 3.63) is 42.1 Å². The SMILES string of the molecule is Cc1cc(NC(=O)C(=O)O)n(-c2ccccc2)n1. The van der Waals surface area contributed by atoms with E-state index in [9.17, 15) is 9.59 Å². The first-order chi connectivity index (χ1) is 8.58. The van der Waals surface area contributed by atoms with Gasteiger partial charge in [0.15, 0.2) is 0 Å². The van der Waals surface area contributed by atoms with Crippen molar-refractivity contribution in [1.82, 2.24) is 9.78 Å². The number of carboxylic acid groups (broad SMARTS) is 1. The molecule has 2 N–H and O–H groups in total. The zero-order valence-electron chi connectivity index (χ0n) is 9.62. The Labute approximate surface area is 103 Å². The monoisotopic (exact) mass is 245 g/mol. The van der Waals surface area contributed by atoms with Gasteiger partial charge in [0.2, 0.25) is 0 Å². The molecule has 2 aromatic rings. The minimum absolute atomic E-state index is 0.325. The van der Waals surface area contributed by atoms with E-state index in [2.05, 4.69) is 10.4 Å². The number of hydrogen-bond donors (Lipinski definition) is 2. The maximum Gasteiger partial charge on any atom is 0.394 e. The lowest BCUT2D eigenvalue weighted by Gasteiger charge is -2.06. The molecular formula is C12H11N3O3. The fraction of sp³-hybridized carbons (Fsp3) is 0.0833. The second-order valence-corrected chi connectivity index (χ2v) is 3.68. The number of amides is 1. The molecule has 0 radical (unpaired) electrons. The molecule has 0 saturated heterocycles. The van der Waals surface area contributed by atoms with Crippen LogP contribution in [0.3, 0.4) is 0 Å². The van der Waals surface area contributed by atoms with Gasteiger partial charge in [0.1, 0.15) is 5.82 Å². The van der Waals surface area contributed by atoms with Gasteiger partial charge in [-0.05, 0) is 19.1 Å². The van der Waals surface area contributed by atoms with E-state index in [1.165, 1.54) is 4.68 Å². The third-order valence-corrected chi connectivity index (χ3v) is 2.27. The molecule has 2 rings (SSSR count). The van der Waals surface area contributed by atoms with Gasteiger partial charge in [-0.1, -0.05) is 18.2 Å². The molecule has 92 valence electrons. The molecule has 1 aromatic carbocycles. The number of rotatable bonds is 2. The Bertz CT molecular complexity index is 590. The highest BCUT2D eigenvalue weighted by molar-refractivity contribution is 6.36. The molecule has 1 aromatic heterocycles. The molecular weight excluding hydrogens is 234 g/mol. The fourth-order valence-corrected chi connectivity index (χ4v) is 1.52. The number of carboxylic acids is 1. The van der Waals surface area contributed by atoms with Crippen LogP contribution in [-0.4, -0.2) is 26.8 Å². The van der Waals surface area contributed by atoms with Crippen LogP contribution in [-0.2, 0) is 9.59 Å². The summed E-state index contributed by atoms with van der Waals surface area (Å²) in [4.78, 5) is 21.7. The summed E-state index contributed by atoms with van der Waals surface area (Å²) in [7, 11) is 0. The van der Waals surface area contributed by atoms with Crippen LogP contribution in [0.5, 0.6) is 0 Å². The predicted octanol–water partition coefficient (Wildman–Crippen LogP) is 1.20. The zero-order valence-corrected chi connectivity index (χ0v) is 9.62. The highest BCUT2D eigenvalue weighted by Crippen LogP contribution is 2.16. The molecule has 6 nitrogen and oxygen atoms in total. The fourth-order valence-electron chi connectivity index (χ4n) is 1.52. The largest absolute Gasteiger partial charge is 0.474 e. The van der Waals surface area contributed by atoms with Crippen LogP contribution in [0.25, 0.3) is 5.69 Å². The van der Waals surface area contributed by atoms with Gasteiger partial charge in [0.25, 0.3) is 0 Å². The second kappa shape index (κ2) is 4.70. The third-order valence-electron chi connectivity index (χ3n) is 2.27. The number of hydrogen-bond acceptors (Lipinski definition) is 3. The number of aromatic nitrogens is 2. The minimum Gasteiger partial charge on any atom is -0.474 e. The van der Waals surface area contributed by atoms with Gasteiger partial charge in [-0.15, -0.1) is 0 Å². The van der Waals surface area contributed by atoms with Crippen molar-refractivity contribution in [3.63, 3.8) is 0 Å². The molecule has 18 heavy (non-hydrogen) atoms. The summed E-state index contributed by atoms with van der Waals surface area (Å²) in [6.07, 6.45) is 0. The number of aliphatic carboxylic acids is 1. The Morgan fingerprint density at radius 3 is 2.56 bits per heavy atom. The number of para-hydroxylation sites is 1. The Morgan fingerprint density at radius 2 is 1.94 bits per heavy atom. The number of anilines is 1. The van der Waals surface area contributed by atoms with Crippen molar-refractivity contribution in [2.45, 2.75) is 6.92 Å². The molecule has 0 aliphatic rings. The maximum absolute atomic E-state index is 11.2. The van der Waals surface area contributed by atoms with E-state index in [1.54, 1.807) is 13.0 Å². The van der Waals surface area contributed by atoms with Gasteiger partial charge in [0.05, 0.1) is 11.4 Å². The highest BCUT2D eigenvalue weighted by Gasteiger charge is 2.15. The van der Waals surface area contributed by atoms with Gasteiger partial charge < -0.3 is 10.4 Å². The van der Waals surface area contributed by atoms with E-state index < -0.39 is 11.9 Å². The van der Waals surface area contributed by atoms with Crippen molar-refractivity contribution < 1.29 is 14.7 Å². The van der Waals surface area contributed by atoms with Gasteiger partial charge in [0, 0.05) is 6.07 Å². The van der Waals surface area contributed by atoms with Crippen molar-refractivity contribution in [2.75, 3.05) is 5.32 Å². The van der Waals surface area contributed by atoms with Crippen LogP contribution in [0.4, 0.5) is 5.82 Å². The average molecular weight is 245 g/mol. The molecule has 0 aliphatic carbocycles. The maximum atomic E-state index is 11.2. The Balaban J connectivity index is 2.38. The van der Waals surface area contributed by atoms with E-state index in [-0.39, 0.29) is 0 Å². The summed E-state index contributed by atoms with van der Waals surface area (Å²) in [5.74, 6) is -2.30. The molecule has 0 spiro atoms. The standard InChI is InChI=1S/C12H11N3O3/c1-8-7-10(13-11(16)12(17)18)15(14-8)9-5-3-2-4-6-9/h2-7H,1H3,(H,13,16)(H,17,18). The quantitative estimate of drug-likeness (QED) is 0.779. The van der Waals surface area contributed by atoms with E-state index >= 15 is 0 Å². The zero-order chi connectivity index (χ0) is 13.1. The van der Waals surface area contributed by atoms with Crippen molar-refractivity contribution in [3.8, 4) is 5.69 Å². The Morgan fingerprint density at radius 1 is 1.28 bits per heavy atom. The smallest absolute Gasteiger partial charge is 0.394 e. The van der Waals surface area contributed by atoms with E-state index in [0.717, 1.165) is 5.69 Å². The molecule has 6 heteroatoms. The molecule has 1 amide bonds. The summed E-state index contributed by atoms with van der Waals surface area (Å²) in [6.45, 7) is 1.76. The molecule has 0 saturated carbocycles. The van der Waals surface area contributed by atoms with E-state index in [1.807, 2.05) is 30.3 Å². The number of nitrogens with zero attached hydrogens (tertiary/aromatic N) is 2. The predicted molar refractivity (Wildman–Crippen MR) is 64.6 cm³/mol. The first-order valence-electron chi connectivity index (χ1n) is 5.24. The lowest BCUT2D eigenvalue weighted by atomic mass is 10.3. The molecule has 0 fully saturated rings. The van der Waals surface area contributed by atoms with Gasteiger partial charge in [-0.2, -0.15) is 5.10 Å². The van der Waals surface area contributed by atoms with Crippen molar-refractivity contribution >= 4 is 17.7 Å². The van der Waals surface area contributed by atoms with Crippen LogP contribution in [0, 0.1) is 6.92 Å². The van der Waals surface area contributed by atoms with Gasteiger partial charge in [-0.3, -0.25) is 4.79 Å². The Kier molecular flexibility index (Phi) is 3.09. The molecule has 1 heterocycles. The minimum atomic E-state index is -1.53. The number of carbonyl (C=O) groups is 2. The summed E-state index contributed by atoms with van der Waals surface area (Å²) in [5.41, 5.74) is 1.42. The van der Waals surface area contributed by atoms with Crippen LogP contribution in [0.2, 0.25) is 0 Å². The Hall–Kier alpha value is -2.63. The summed E-state index contributed by atoms with van der Waals surface area (Å²) < 4.78 is 1.48. The van der Waals surface area contributed by atoms with Crippen molar-refractivity contribution in [1.29, 1.82) is 0 Å². The number of carbonyl (C=O) groups excluding carboxylic acids is 1. The number of benzene rings is 1. The summed E-state index contributed by atoms with van der Waals surface area (Å²) in [5, 5.41) is 15.1.